The molecule has 0 bridgehead atoms. The van der Waals surface area contributed by atoms with Crippen LogP contribution in [0, 0.1) is 11.6 Å². The average Bonchev–Trinajstić information content (AvgIpc) is 2.33. The lowest BCUT2D eigenvalue weighted by atomic mass is 10.3. The lowest BCUT2D eigenvalue weighted by molar-refractivity contribution is -0.132. The maximum Gasteiger partial charge on any atom is 0.243 e. The number of rotatable bonds is 6. The molecule has 0 spiro atoms. The molecule has 0 radical (unpaired) electrons. The van der Waals surface area contributed by atoms with Gasteiger partial charge in [-0.1, -0.05) is 0 Å². The molecule has 0 fully saturated rings. The standard InChI is InChI=1S/C12H15F2N3O4S/c1-17(12(19)6-15-22(2,20)21)7-11(18)16-10-4-8(13)3-9(14)5-10/h3-5,15H,6-7H2,1-2H3,(H,16,18). The highest BCUT2D eigenvalue weighted by molar-refractivity contribution is 7.88. The van der Waals surface area contributed by atoms with Gasteiger partial charge in [-0.25, -0.2) is 21.9 Å². The van der Waals surface area contributed by atoms with E-state index in [1.165, 1.54) is 7.05 Å². The highest BCUT2D eigenvalue weighted by atomic mass is 32.2. The molecule has 0 heterocycles. The third-order valence-electron chi connectivity index (χ3n) is 2.44. The van der Waals surface area contributed by atoms with Gasteiger partial charge < -0.3 is 10.2 Å². The van der Waals surface area contributed by atoms with Crippen molar-refractivity contribution in [3.63, 3.8) is 0 Å². The van der Waals surface area contributed by atoms with E-state index in [9.17, 15) is 26.8 Å². The van der Waals surface area contributed by atoms with E-state index in [0.29, 0.717) is 6.07 Å². The van der Waals surface area contributed by atoms with Crippen molar-refractivity contribution in [2.24, 2.45) is 0 Å². The Morgan fingerprint density at radius 2 is 1.73 bits per heavy atom. The molecule has 7 nitrogen and oxygen atoms in total. The van der Waals surface area contributed by atoms with Crippen molar-refractivity contribution in [1.29, 1.82) is 0 Å². The molecule has 0 aliphatic rings. The smallest absolute Gasteiger partial charge is 0.243 e. The lowest BCUT2D eigenvalue weighted by Crippen LogP contribution is -2.41. The molecule has 1 aromatic rings. The number of nitrogens with one attached hydrogen (secondary N) is 2. The van der Waals surface area contributed by atoms with Crippen LogP contribution in [0.5, 0.6) is 0 Å². The van der Waals surface area contributed by atoms with Gasteiger partial charge in [0.1, 0.15) is 11.6 Å². The van der Waals surface area contributed by atoms with Crippen molar-refractivity contribution >= 4 is 27.5 Å². The summed E-state index contributed by atoms with van der Waals surface area (Å²) >= 11 is 0. The zero-order valence-electron chi connectivity index (χ0n) is 11.9. The van der Waals surface area contributed by atoms with Crippen LogP contribution in [0.3, 0.4) is 0 Å². The van der Waals surface area contributed by atoms with Crippen LogP contribution in [0.15, 0.2) is 18.2 Å². The van der Waals surface area contributed by atoms with Crippen molar-refractivity contribution in [3.05, 3.63) is 29.8 Å². The molecule has 2 amide bonds. The van der Waals surface area contributed by atoms with Gasteiger partial charge in [-0.05, 0) is 12.1 Å². The third-order valence-corrected chi connectivity index (χ3v) is 3.11. The number of nitrogens with zero attached hydrogens (tertiary/aromatic N) is 1. The molecule has 122 valence electrons. The molecule has 10 heteroatoms. The molecule has 1 rings (SSSR count). The first-order valence-electron chi connectivity index (χ1n) is 6.01. The third kappa shape index (κ3) is 6.59. The molecule has 0 aliphatic heterocycles. The fraction of sp³-hybridized carbons (Fsp3) is 0.333. The molecule has 0 unspecified atom stereocenters. The first kappa shape index (κ1) is 18.0. The van der Waals surface area contributed by atoms with Crippen molar-refractivity contribution in [3.8, 4) is 0 Å². The predicted octanol–water partition coefficient (Wildman–Crippen LogP) is -0.0891. The quantitative estimate of drug-likeness (QED) is 0.759. The fourth-order valence-electron chi connectivity index (χ4n) is 1.46. The Labute approximate surface area is 126 Å². The summed E-state index contributed by atoms with van der Waals surface area (Å²) in [6, 6.07) is 2.50. The molecule has 22 heavy (non-hydrogen) atoms. The number of hydrogen-bond donors (Lipinski definition) is 2. The van der Waals surface area contributed by atoms with E-state index >= 15 is 0 Å². The van der Waals surface area contributed by atoms with E-state index in [2.05, 4.69) is 5.32 Å². The molecule has 0 aromatic heterocycles. The summed E-state index contributed by atoms with van der Waals surface area (Å²) in [5, 5.41) is 2.23. The Morgan fingerprint density at radius 3 is 2.23 bits per heavy atom. The summed E-state index contributed by atoms with van der Waals surface area (Å²) in [4.78, 5) is 24.2. The summed E-state index contributed by atoms with van der Waals surface area (Å²) in [5.74, 6) is -3.01. The second-order valence-electron chi connectivity index (χ2n) is 4.55. The minimum absolute atomic E-state index is 0.0855. The summed E-state index contributed by atoms with van der Waals surface area (Å²) in [5.41, 5.74) is -0.0855. The Kier molecular flexibility index (Phi) is 5.94. The molecule has 0 aliphatic carbocycles. The largest absolute Gasteiger partial charge is 0.335 e. The molecule has 0 atom stereocenters. The maximum atomic E-state index is 13.0. The van der Waals surface area contributed by atoms with Crippen molar-refractivity contribution in [1.82, 2.24) is 9.62 Å². The lowest BCUT2D eigenvalue weighted by Gasteiger charge is -2.16. The van der Waals surface area contributed by atoms with Crippen molar-refractivity contribution in [2.45, 2.75) is 0 Å². The van der Waals surface area contributed by atoms with Crippen LogP contribution < -0.4 is 10.0 Å². The predicted molar refractivity (Wildman–Crippen MR) is 75.5 cm³/mol. The number of carbonyl (C=O) groups is 2. The first-order valence-corrected chi connectivity index (χ1v) is 7.90. The second kappa shape index (κ2) is 7.27. The van der Waals surface area contributed by atoms with Crippen LogP contribution in [-0.2, 0) is 19.6 Å². The van der Waals surface area contributed by atoms with E-state index in [-0.39, 0.29) is 5.69 Å². The summed E-state index contributed by atoms with van der Waals surface area (Å²) < 4.78 is 49.6. The molecular formula is C12H15F2N3O4S. The fourth-order valence-corrected chi connectivity index (χ4v) is 1.84. The van der Waals surface area contributed by atoms with Gasteiger partial charge in [0, 0.05) is 18.8 Å². The van der Waals surface area contributed by atoms with Gasteiger partial charge in [0.15, 0.2) is 0 Å². The molecule has 1 aromatic carbocycles. The zero-order chi connectivity index (χ0) is 16.9. The van der Waals surface area contributed by atoms with Gasteiger partial charge in [-0.15, -0.1) is 0 Å². The number of benzene rings is 1. The average molecular weight is 335 g/mol. The van der Waals surface area contributed by atoms with Crippen LogP contribution in [0.25, 0.3) is 0 Å². The number of halogens is 2. The van der Waals surface area contributed by atoms with E-state index < -0.39 is 46.6 Å². The van der Waals surface area contributed by atoms with Crippen LogP contribution in [0.4, 0.5) is 14.5 Å². The highest BCUT2D eigenvalue weighted by Crippen LogP contribution is 2.12. The maximum absolute atomic E-state index is 13.0. The van der Waals surface area contributed by atoms with Crippen LogP contribution >= 0.6 is 0 Å². The van der Waals surface area contributed by atoms with E-state index in [0.717, 1.165) is 23.3 Å². The van der Waals surface area contributed by atoms with Gasteiger partial charge in [0.05, 0.1) is 19.3 Å². The van der Waals surface area contributed by atoms with E-state index in [4.69, 9.17) is 0 Å². The van der Waals surface area contributed by atoms with Gasteiger partial charge in [0.2, 0.25) is 21.8 Å². The number of carbonyl (C=O) groups excluding carboxylic acids is 2. The molecule has 0 saturated carbocycles. The Morgan fingerprint density at radius 1 is 1.18 bits per heavy atom. The van der Waals surface area contributed by atoms with Crippen LogP contribution in [-0.4, -0.2) is 51.5 Å². The van der Waals surface area contributed by atoms with Gasteiger partial charge in [-0.3, -0.25) is 9.59 Å². The number of anilines is 1. The van der Waals surface area contributed by atoms with Crippen LogP contribution in [0.2, 0.25) is 0 Å². The van der Waals surface area contributed by atoms with Gasteiger partial charge >= 0.3 is 0 Å². The topological polar surface area (TPSA) is 95.6 Å². The Balaban J connectivity index is 2.55. The van der Waals surface area contributed by atoms with Crippen molar-refractivity contribution < 1.29 is 26.8 Å². The molecule has 2 N–H and O–H groups in total. The Bertz CT molecular complexity index is 659. The number of likely N-dealkylation sites (N-methyl/N-ethyl adjacent to an activating group) is 1. The number of sulfonamides is 1. The summed E-state index contributed by atoms with van der Waals surface area (Å²) in [6.07, 6.45) is 0.894. The highest BCUT2D eigenvalue weighted by Gasteiger charge is 2.15. The van der Waals surface area contributed by atoms with E-state index in [1.807, 2.05) is 4.72 Å². The number of amides is 2. The minimum atomic E-state index is -3.52. The zero-order valence-corrected chi connectivity index (χ0v) is 12.7. The van der Waals surface area contributed by atoms with Gasteiger partial charge in [0.25, 0.3) is 0 Å². The van der Waals surface area contributed by atoms with Gasteiger partial charge in [-0.2, -0.15) is 0 Å². The second-order valence-corrected chi connectivity index (χ2v) is 6.38. The SMILES string of the molecule is CN(CC(=O)Nc1cc(F)cc(F)c1)C(=O)CNS(C)(=O)=O. The van der Waals surface area contributed by atoms with E-state index in [1.54, 1.807) is 0 Å². The number of hydrogen-bond acceptors (Lipinski definition) is 4. The first-order chi connectivity index (χ1) is 10.1. The summed E-state index contributed by atoms with van der Waals surface area (Å²) in [7, 11) is -2.23. The molecular weight excluding hydrogens is 320 g/mol. The minimum Gasteiger partial charge on any atom is -0.335 e. The monoisotopic (exact) mass is 335 g/mol. The summed E-state index contributed by atoms with van der Waals surface area (Å²) in [6.45, 7) is -0.889. The molecule has 0 saturated heterocycles. The van der Waals surface area contributed by atoms with Crippen LogP contribution in [0.1, 0.15) is 0 Å². The Hall–Kier alpha value is -2.07. The normalized spacial score (nSPS) is 11.1. The van der Waals surface area contributed by atoms with Crippen molar-refractivity contribution in [2.75, 3.05) is 31.7 Å².